The van der Waals surface area contributed by atoms with E-state index >= 15 is 0 Å². The molecule has 15 heavy (non-hydrogen) atoms. The lowest BCUT2D eigenvalue weighted by molar-refractivity contribution is 0.248. The summed E-state index contributed by atoms with van der Waals surface area (Å²) in [7, 11) is 0. The lowest BCUT2D eigenvalue weighted by Gasteiger charge is -2.17. The fourth-order valence-electron chi connectivity index (χ4n) is 0.981. The molecule has 0 spiro atoms. The fourth-order valence-corrected chi connectivity index (χ4v) is 1.63. The Balaban J connectivity index is 2.69. The molecule has 1 N–H and O–H groups in total. The van der Waals surface area contributed by atoms with Crippen LogP contribution in [0.1, 0.15) is 0 Å². The molecule has 5 heteroatoms. The van der Waals surface area contributed by atoms with E-state index in [-0.39, 0.29) is 6.03 Å². The maximum atomic E-state index is 11.7. The molecule has 0 aliphatic rings. The molecule has 0 atom stereocenters. The second-order valence-corrected chi connectivity index (χ2v) is 3.56. The first-order chi connectivity index (χ1) is 7.29. The summed E-state index contributed by atoms with van der Waals surface area (Å²) in [5.74, 6) is 0. The molecule has 0 unspecified atom stereocenters. The highest BCUT2D eigenvalue weighted by molar-refractivity contribution is 7.13. The normalized spacial score (nSPS) is 9.33. The molecular formula is C10H13N3OS. The van der Waals surface area contributed by atoms with Gasteiger partial charge in [0.05, 0.1) is 0 Å². The minimum absolute atomic E-state index is 0.190. The van der Waals surface area contributed by atoms with Gasteiger partial charge in [0.15, 0.2) is 5.13 Å². The molecule has 0 radical (unpaired) electrons. The summed E-state index contributed by atoms with van der Waals surface area (Å²) in [4.78, 5) is 17.3. The fraction of sp³-hybridized carbons (Fsp3) is 0.200. The number of anilines is 1. The van der Waals surface area contributed by atoms with Crippen LogP contribution >= 0.6 is 11.3 Å². The summed E-state index contributed by atoms with van der Waals surface area (Å²) >= 11 is 1.41. The van der Waals surface area contributed by atoms with Gasteiger partial charge in [0, 0.05) is 24.7 Å². The third kappa shape index (κ3) is 3.21. The van der Waals surface area contributed by atoms with E-state index in [1.54, 1.807) is 18.3 Å². The number of urea groups is 1. The van der Waals surface area contributed by atoms with Gasteiger partial charge in [-0.2, -0.15) is 0 Å². The number of thiazole rings is 1. The molecule has 0 fully saturated rings. The van der Waals surface area contributed by atoms with E-state index in [0.717, 1.165) is 0 Å². The zero-order chi connectivity index (χ0) is 11.1. The number of carbonyl (C=O) groups excluding carboxylic acids is 1. The van der Waals surface area contributed by atoms with Crippen LogP contribution in [0.3, 0.4) is 0 Å². The Labute approximate surface area is 92.9 Å². The van der Waals surface area contributed by atoms with E-state index in [2.05, 4.69) is 23.5 Å². The van der Waals surface area contributed by atoms with Gasteiger partial charge in [0.25, 0.3) is 0 Å². The summed E-state index contributed by atoms with van der Waals surface area (Å²) < 4.78 is 0. The number of nitrogens with zero attached hydrogens (tertiary/aromatic N) is 2. The number of amides is 2. The SMILES string of the molecule is C=CCNC(=O)N(CC=C)c1nccs1. The van der Waals surface area contributed by atoms with Crippen LogP contribution in [0, 0.1) is 0 Å². The van der Waals surface area contributed by atoms with Crippen molar-refractivity contribution < 1.29 is 4.79 Å². The Hall–Kier alpha value is -1.62. The van der Waals surface area contributed by atoms with E-state index in [0.29, 0.717) is 18.2 Å². The van der Waals surface area contributed by atoms with Crippen molar-refractivity contribution in [3.63, 3.8) is 0 Å². The number of hydrogen-bond acceptors (Lipinski definition) is 3. The number of rotatable bonds is 5. The summed E-state index contributed by atoms with van der Waals surface area (Å²) in [6.07, 6.45) is 4.96. The average Bonchev–Trinajstić information content (AvgIpc) is 2.75. The predicted octanol–water partition coefficient (Wildman–Crippen LogP) is 2.03. The average molecular weight is 223 g/mol. The molecule has 1 aromatic heterocycles. The first-order valence-corrected chi connectivity index (χ1v) is 5.34. The molecule has 0 bridgehead atoms. The highest BCUT2D eigenvalue weighted by Gasteiger charge is 2.15. The molecule has 1 heterocycles. The molecule has 0 saturated carbocycles. The van der Waals surface area contributed by atoms with E-state index in [1.807, 2.05) is 5.38 Å². The molecule has 80 valence electrons. The van der Waals surface area contributed by atoms with Gasteiger partial charge in [-0.1, -0.05) is 12.2 Å². The maximum Gasteiger partial charge on any atom is 0.324 e. The largest absolute Gasteiger partial charge is 0.334 e. The molecule has 0 aliphatic heterocycles. The Morgan fingerprint density at radius 2 is 2.40 bits per heavy atom. The third-order valence-electron chi connectivity index (χ3n) is 1.60. The molecule has 0 aromatic carbocycles. The van der Waals surface area contributed by atoms with E-state index in [4.69, 9.17) is 0 Å². The number of hydrogen-bond donors (Lipinski definition) is 1. The topological polar surface area (TPSA) is 45.2 Å². The minimum atomic E-state index is -0.190. The summed E-state index contributed by atoms with van der Waals surface area (Å²) in [5, 5.41) is 5.18. The van der Waals surface area contributed by atoms with Gasteiger partial charge in [0.2, 0.25) is 0 Å². The summed E-state index contributed by atoms with van der Waals surface area (Å²) in [6, 6.07) is -0.190. The summed E-state index contributed by atoms with van der Waals surface area (Å²) in [6.45, 7) is 8.03. The number of aromatic nitrogens is 1. The molecule has 0 aliphatic carbocycles. The smallest absolute Gasteiger partial charge is 0.324 e. The number of nitrogens with one attached hydrogen (secondary N) is 1. The molecule has 2 amide bonds. The predicted molar refractivity (Wildman–Crippen MR) is 63.3 cm³/mol. The van der Waals surface area contributed by atoms with Crippen molar-refractivity contribution in [2.45, 2.75) is 0 Å². The molecule has 1 rings (SSSR count). The van der Waals surface area contributed by atoms with Crippen molar-refractivity contribution in [1.29, 1.82) is 0 Å². The second-order valence-electron chi connectivity index (χ2n) is 2.69. The van der Waals surface area contributed by atoms with Crippen molar-refractivity contribution in [2.75, 3.05) is 18.0 Å². The highest BCUT2D eigenvalue weighted by atomic mass is 32.1. The van der Waals surface area contributed by atoms with Crippen molar-refractivity contribution in [2.24, 2.45) is 0 Å². The van der Waals surface area contributed by atoms with Gasteiger partial charge in [0.1, 0.15) is 0 Å². The van der Waals surface area contributed by atoms with Crippen molar-refractivity contribution in [3.05, 3.63) is 36.9 Å². The summed E-state index contributed by atoms with van der Waals surface area (Å²) in [5.41, 5.74) is 0. The lowest BCUT2D eigenvalue weighted by Crippen LogP contribution is -2.40. The van der Waals surface area contributed by atoms with Crippen molar-refractivity contribution >= 4 is 22.5 Å². The maximum absolute atomic E-state index is 11.7. The Morgan fingerprint density at radius 1 is 1.60 bits per heavy atom. The van der Waals surface area contributed by atoms with Gasteiger partial charge in [-0.05, 0) is 0 Å². The number of carbonyl (C=O) groups is 1. The molecule has 0 saturated heterocycles. The monoisotopic (exact) mass is 223 g/mol. The van der Waals surface area contributed by atoms with Crippen LogP contribution in [-0.2, 0) is 0 Å². The van der Waals surface area contributed by atoms with Gasteiger partial charge in [-0.3, -0.25) is 4.90 Å². The first-order valence-electron chi connectivity index (χ1n) is 4.46. The van der Waals surface area contributed by atoms with Crippen LogP contribution in [0.25, 0.3) is 0 Å². The van der Waals surface area contributed by atoms with Crippen LogP contribution < -0.4 is 10.2 Å². The standard InChI is InChI=1S/C10H13N3OS/c1-3-5-11-9(14)13(7-4-2)10-12-6-8-15-10/h3-4,6,8H,1-2,5,7H2,(H,11,14). The van der Waals surface area contributed by atoms with Crippen molar-refractivity contribution in [1.82, 2.24) is 10.3 Å². The minimum Gasteiger partial charge on any atom is -0.334 e. The molecular weight excluding hydrogens is 210 g/mol. The Kier molecular flexibility index (Phi) is 4.56. The van der Waals surface area contributed by atoms with Gasteiger partial charge in [-0.25, -0.2) is 9.78 Å². The quantitative estimate of drug-likeness (QED) is 0.776. The van der Waals surface area contributed by atoms with Crippen molar-refractivity contribution in [3.8, 4) is 0 Å². The van der Waals surface area contributed by atoms with Gasteiger partial charge < -0.3 is 5.32 Å². The van der Waals surface area contributed by atoms with Crippen LogP contribution in [0.2, 0.25) is 0 Å². The van der Waals surface area contributed by atoms with Gasteiger partial charge >= 0.3 is 6.03 Å². The Bertz CT molecular complexity index is 334. The van der Waals surface area contributed by atoms with Crippen LogP contribution in [0.15, 0.2) is 36.9 Å². The second kappa shape index (κ2) is 5.98. The molecule has 4 nitrogen and oxygen atoms in total. The lowest BCUT2D eigenvalue weighted by atomic mass is 10.5. The van der Waals surface area contributed by atoms with Gasteiger partial charge in [-0.15, -0.1) is 24.5 Å². The highest BCUT2D eigenvalue weighted by Crippen LogP contribution is 2.16. The zero-order valence-electron chi connectivity index (χ0n) is 8.35. The first kappa shape index (κ1) is 11.5. The third-order valence-corrected chi connectivity index (χ3v) is 2.40. The zero-order valence-corrected chi connectivity index (χ0v) is 9.17. The van der Waals surface area contributed by atoms with E-state index < -0.39 is 0 Å². The van der Waals surface area contributed by atoms with E-state index in [1.165, 1.54) is 16.2 Å². The van der Waals surface area contributed by atoms with Crippen LogP contribution in [0.4, 0.5) is 9.93 Å². The molecule has 1 aromatic rings. The van der Waals surface area contributed by atoms with Crippen LogP contribution in [-0.4, -0.2) is 24.1 Å². The van der Waals surface area contributed by atoms with E-state index in [9.17, 15) is 4.79 Å². The Morgan fingerprint density at radius 3 is 2.93 bits per heavy atom. The van der Waals surface area contributed by atoms with Crippen LogP contribution in [0.5, 0.6) is 0 Å².